The Morgan fingerprint density at radius 3 is 2.41 bits per heavy atom. The van der Waals surface area contributed by atoms with Crippen molar-refractivity contribution in [2.24, 2.45) is 0 Å². The molecule has 0 bridgehead atoms. The van der Waals surface area contributed by atoms with Crippen molar-refractivity contribution >= 4 is 11.9 Å². The van der Waals surface area contributed by atoms with Crippen LogP contribution in [0.5, 0.6) is 0 Å². The quantitative estimate of drug-likeness (QED) is 0.781. The molecular formula is C11H11NO5. The minimum atomic E-state index is -1.34. The van der Waals surface area contributed by atoms with E-state index in [4.69, 9.17) is 5.11 Å². The maximum absolute atomic E-state index is 11.7. The molecule has 0 spiro atoms. The van der Waals surface area contributed by atoms with E-state index in [9.17, 15) is 14.4 Å². The second kappa shape index (κ2) is 4.04. The van der Waals surface area contributed by atoms with Crippen molar-refractivity contribution in [2.45, 2.75) is 18.9 Å². The molecule has 0 unspecified atom stereocenters. The molecule has 1 saturated carbocycles. The number of carbonyl (C=O) groups is 2. The summed E-state index contributed by atoms with van der Waals surface area (Å²) in [4.78, 5) is 34.0. The van der Waals surface area contributed by atoms with Crippen molar-refractivity contribution in [2.75, 3.05) is 7.11 Å². The molecule has 0 aromatic carbocycles. The first-order valence-corrected chi connectivity index (χ1v) is 5.12. The second-order valence-corrected chi connectivity index (χ2v) is 3.89. The first-order chi connectivity index (χ1) is 8.04. The number of aromatic nitrogens is 1. The minimum absolute atomic E-state index is 0.178. The van der Waals surface area contributed by atoms with Crippen LogP contribution in [-0.2, 0) is 4.74 Å². The molecule has 0 aliphatic heterocycles. The predicted molar refractivity (Wildman–Crippen MR) is 57.3 cm³/mol. The first kappa shape index (κ1) is 11.4. The van der Waals surface area contributed by atoms with Crippen LogP contribution in [0.25, 0.3) is 0 Å². The summed E-state index contributed by atoms with van der Waals surface area (Å²) in [5.41, 5.74) is -1.44. The smallest absolute Gasteiger partial charge is 0.343 e. The van der Waals surface area contributed by atoms with Crippen LogP contribution < -0.4 is 5.43 Å². The van der Waals surface area contributed by atoms with E-state index in [0.717, 1.165) is 20.0 Å². The summed E-state index contributed by atoms with van der Waals surface area (Å²) in [6, 6.07) is 0.178. The van der Waals surface area contributed by atoms with E-state index < -0.39 is 22.9 Å². The molecule has 1 aromatic heterocycles. The lowest BCUT2D eigenvalue weighted by molar-refractivity contribution is 0.0598. The second-order valence-electron chi connectivity index (χ2n) is 3.89. The highest BCUT2D eigenvalue weighted by molar-refractivity contribution is 5.93. The number of carbonyl (C=O) groups excluding carboxylic acids is 1. The molecule has 17 heavy (non-hydrogen) atoms. The zero-order chi connectivity index (χ0) is 12.6. The van der Waals surface area contributed by atoms with Crippen LogP contribution in [0.15, 0.2) is 17.2 Å². The van der Waals surface area contributed by atoms with Gasteiger partial charge in [0.1, 0.15) is 11.1 Å². The molecule has 0 radical (unpaired) electrons. The van der Waals surface area contributed by atoms with Crippen LogP contribution in [0, 0.1) is 0 Å². The Hall–Kier alpha value is -2.11. The van der Waals surface area contributed by atoms with Crippen LogP contribution in [0.3, 0.4) is 0 Å². The molecule has 1 heterocycles. The number of carboxylic acid groups (broad SMARTS) is 1. The zero-order valence-electron chi connectivity index (χ0n) is 9.17. The highest BCUT2D eigenvalue weighted by Gasteiger charge is 2.27. The van der Waals surface area contributed by atoms with Gasteiger partial charge in [-0.3, -0.25) is 4.79 Å². The monoisotopic (exact) mass is 237 g/mol. The molecule has 0 saturated heterocycles. The summed E-state index contributed by atoms with van der Waals surface area (Å²) in [5.74, 6) is -2.15. The van der Waals surface area contributed by atoms with Gasteiger partial charge >= 0.3 is 11.9 Å². The number of ether oxygens (including phenoxy) is 1. The van der Waals surface area contributed by atoms with Gasteiger partial charge in [-0.25, -0.2) is 9.59 Å². The SMILES string of the molecule is COC(=O)c1cn(C2CC2)cc(C(=O)O)c1=O. The Morgan fingerprint density at radius 2 is 1.94 bits per heavy atom. The molecule has 0 atom stereocenters. The van der Waals surface area contributed by atoms with Crippen molar-refractivity contribution in [1.29, 1.82) is 0 Å². The van der Waals surface area contributed by atoms with E-state index in [1.54, 1.807) is 4.57 Å². The third-order valence-electron chi connectivity index (χ3n) is 2.65. The van der Waals surface area contributed by atoms with Gasteiger partial charge in [0.2, 0.25) is 5.43 Å². The molecular weight excluding hydrogens is 226 g/mol. The first-order valence-electron chi connectivity index (χ1n) is 5.12. The Morgan fingerprint density at radius 1 is 1.35 bits per heavy atom. The van der Waals surface area contributed by atoms with E-state index >= 15 is 0 Å². The zero-order valence-corrected chi connectivity index (χ0v) is 9.17. The number of hydrogen-bond donors (Lipinski definition) is 1. The maximum atomic E-state index is 11.7. The van der Waals surface area contributed by atoms with E-state index in [-0.39, 0.29) is 11.6 Å². The number of methoxy groups -OCH3 is 1. The highest BCUT2D eigenvalue weighted by atomic mass is 16.5. The van der Waals surface area contributed by atoms with Crippen molar-refractivity contribution < 1.29 is 19.4 Å². The van der Waals surface area contributed by atoms with Gasteiger partial charge in [0.15, 0.2) is 0 Å². The Balaban J connectivity index is 2.60. The molecule has 1 N–H and O–H groups in total. The van der Waals surface area contributed by atoms with Gasteiger partial charge < -0.3 is 14.4 Å². The Kier molecular flexibility index (Phi) is 2.71. The number of carboxylic acids is 1. The Labute approximate surface area is 96.4 Å². The lowest BCUT2D eigenvalue weighted by atomic mass is 10.2. The summed E-state index contributed by atoms with van der Waals surface area (Å²) >= 11 is 0. The third-order valence-corrected chi connectivity index (χ3v) is 2.65. The van der Waals surface area contributed by atoms with Crippen LogP contribution in [0.2, 0.25) is 0 Å². The average molecular weight is 237 g/mol. The van der Waals surface area contributed by atoms with Gasteiger partial charge in [0.05, 0.1) is 7.11 Å². The van der Waals surface area contributed by atoms with Crippen LogP contribution in [0.4, 0.5) is 0 Å². The standard InChI is InChI=1S/C11H11NO5/c1-17-11(16)8-5-12(6-2-3-6)4-7(9(8)13)10(14)15/h4-6H,2-3H2,1H3,(H,14,15). The number of rotatable bonds is 3. The molecule has 2 rings (SSSR count). The fourth-order valence-electron chi connectivity index (χ4n) is 1.59. The lowest BCUT2D eigenvalue weighted by Gasteiger charge is -2.08. The van der Waals surface area contributed by atoms with Crippen molar-refractivity contribution in [1.82, 2.24) is 4.57 Å². The van der Waals surface area contributed by atoms with E-state index in [2.05, 4.69) is 4.74 Å². The van der Waals surface area contributed by atoms with Gasteiger partial charge in [0.25, 0.3) is 0 Å². The number of hydrogen-bond acceptors (Lipinski definition) is 4. The fourth-order valence-corrected chi connectivity index (χ4v) is 1.59. The van der Waals surface area contributed by atoms with Gasteiger partial charge in [-0.15, -0.1) is 0 Å². The maximum Gasteiger partial charge on any atom is 0.343 e. The topological polar surface area (TPSA) is 85.6 Å². The molecule has 6 nitrogen and oxygen atoms in total. The van der Waals surface area contributed by atoms with Crippen molar-refractivity contribution in [3.63, 3.8) is 0 Å². The number of nitrogens with zero attached hydrogens (tertiary/aromatic N) is 1. The summed E-state index contributed by atoms with van der Waals surface area (Å²) in [7, 11) is 1.15. The molecule has 1 aromatic rings. The minimum Gasteiger partial charge on any atom is -0.477 e. The lowest BCUT2D eigenvalue weighted by Crippen LogP contribution is -2.25. The summed E-state index contributed by atoms with van der Waals surface area (Å²) in [6.07, 6.45) is 4.47. The largest absolute Gasteiger partial charge is 0.477 e. The van der Waals surface area contributed by atoms with Gasteiger partial charge in [-0.1, -0.05) is 0 Å². The van der Waals surface area contributed by atoms with Crippen LogP contribution in [0.1, 0.15) is 39.6 Å². The van der Waals surface area contributed by atoms with E-state index in [0.29, 0.717) is 0 Å². The van der Waals surface area contributed by atoms with Gasteiger partial charge in [-0.05, 0) is 12.8 Å². The van der Waals surface area contributed by atoms with Gasteiger partial charge in [0, 0.05) is 18.4 Å². The normalized spacial score (nSPS) is 14.4. The third kappa shape index (κ3) is 2.06. The number of aromatic carboxylic acids is 1. The Bertz CT molecular complexity index is 541. The predicted octanol–water partition coefficient (Wildman–Crippen LogP) is 0.668. The highest BCUT2D eigenvalue weighted by Crippen LogP contribution is 2.34. The fraction of sp³-hybridized carbons (Fsp3) is 0.364. The average Bonchev–Trinajstić information content (AvgIpc) is 3.12. The van der Waals surface area contributed by atoms with Crippen LogP contribution in [-0.4, -0.2) is 28.7 Å². The van der Waals surface area contributed by atoms with Crippen molar-refractivity contribution in [3.05, 3.63) is 33.7 Å². The van der Waals surface area contributed by atoms with Crippen molar-refractivity contribution in [3.8, 4) is 0 Å². The summed E-state index contributed by atoms with van der Waals surface area (Å²) in [6.45, 7) is 0. The summed E-state index contributed by atoms with van der Waals surface area (Å²) < 4.78 is 6.06. The molecule has 90 valence electrons. The van der Waals surface area contributed by atoms with E-state index in [1.165, 1.54) is 12.4 Å². The summed E-state index contributed by atoms with van der Waals surface area (Å²) in [5, 5.41) is 8.91. The molecule has 1 aliphatic rings. The van der Waals surface area contributed by atoms with Crippen LogP contribution >= 0.6 is 0 Å². The molecule has 0 amide bonds. The molecule has 1 fully saturated rings. The molecule has 1 aliphatic carbocycles. The number of pyridine rings is 1. The van der Waals surface area contributed by atoms with Gasteiger partial charge in [-0.2, -0.15) is 0 Å². The van der Waals surface area contributed by atoms with E-state index in [1.807, 2.05) is 0 Å². The number of esters is 1. The molecule has 6 heteroatoms.